The molecule has 0 spiro atoms. The molecule has 1 aliphatic heterocycles. The first-order valence-corrected chi connectivity index (χ1v) is 11.9. The monoisotopic (exact) mass is 436 g/mol. The highest BCUT2D eigenvalue weighted by atomic mass is 32.2. The Balaban J connectivity index is 1.36. The Morgan fingerprint density at radius 1 is 0.903 bits per heavy atom. The molecule has 1 atom stereocenters. The zero-order valence-corrected chi connectivity index (χ0v) is 19.1. The van der Waals surface area contributed by atoms with Crippen molar-refractivity contribution < 1.29 is 13.4 Å². The fourth-order valence-electron chi connectivity index (χ4n) is 3.84. The van der Waals surface area contributed by atoms with Crippen LogP contribution in [0, 0.1) is 20.8 Å². The van der Waals surface area contributed by atoms with Crippen molar-refractivity contribution in [2.24, 2.45) is 0 Å². The summed E-state index contributed by atoms with van der Waals surface area (Å²) in [5.74, 6) is 1.04. The summed E-state index contributed by atoms with van der Waals surface area (Å²) in [5, 5.41) is 0. The van der Waals surface area contributed by atoms with Gasteiger partial charge in [0.2, 0.25) is 0 Å². The Hall–Kier alpha value is -2.86. The summed E-state index contributed by atoms with van der Waals surface area (Å²) >= 11 is 0. The number of carbonyl (C=O) groups is 1. The lowest BCUT2D eigenvalue weighted by Gasteiger charge is -2.36. The van der Waals surface area contributed by atoms with E-state index in [9.17, 15) is 9.00 Å². The van der Waals surface area contributed by atoms with Crippen LogP contribution in [0.1, 0.15) is 33.0 Å². The fraction of sp³-hybridized carbons (Fsp3) is 0.320. The highest BCUT2D eigenvalue weighted by Crippen LogP contribution is 2.24. The number of piperazine rings is 1. The highest BCUT2D eigenvalue weighted by Gasteiger charge is 2.25. The summed E-state index contributed by atoms with van der Waals surface area (Å²) in [6, 6.07) is 17.6. The lowest BCUT2D eigenvalue weighted by Crippen LogP contribution is -2.49. The van der Waals surface area contributed by atoms with E-state index in [1.165, 1.54) is 16.8 Å². The number of rotatable bonds is 5. The number of benzene rings is 2. The van der Waals surface area contributed by atoms with Crippen molar-refractivity contribution in [3.63, 3.8) is 0 Å². The summed E-state index contributed by atoms with van der Waals surface area (Å²) in [6.07, 6.45) is 0. The number of carbonyl (C=O) groups excluding carboxylic acids is 1. The van der Waals surface area contributed by atoms with E-state index in [2.05, 4.69) is 36.9 Å². The third-order valence-electron chi connectivity index (χ3n) is 5.70. The molecule has 1 aliphatic rings. The average Bonchev–Trinajstić information content (AvgIpc) is 3.24. The van der Waals surface area contributed by atoms with Gasteiger partial charge >= 0.3 is 0 Å². The minimum Gasteiger partial charge on any atom is -0.455 e. The van der Waals surface area contributed by atoms with E-state index in [0.717, 1.165) is 23.5 Å². The van der Waals surface area contributed by atoms with Gasteiger partial charge in [-0.2, -0.15) is 0 Å². The molecule has 0 unspecified atom stereocenters. The first kappa shape index (κ1) is 21.4. The molecule has 6 heteroatoms. The molecule has 0 bridgehead atoms. The predicted octanol–water partition coefficient (Wildman–Crippen LogP) is 4.48. The van der Waals surface area contributed by atoms with Gasteiger partial charge in [-0.05, 0) is 62.2 Å². The van der Waals surface area contributed by atoms with Crippen molar-refractivity contribution in [2.75, 3.05) is 31.1 Å². The Kier molecular flexibility index (Phi) is 6.28. The van der Waals surface area contributed by atoms with Gasteiger partial charge < -0.3 is 14.2 Å². The first-order chi connectivity index (χ1) is 14.9. The van der Waals surface area contributed by atoms with Crippen molar-refractivity contribution in [1.29, 1.82) is 0 Å². The molecule has 1 fully saturated rings. The second-order valence-electron chi connectivity index (χ2n) is 8.14. The maximum atomic E-state index is 12.9. The van der Waals surface area contributed by atoms with Crippen LogP contribution in [0.2, 0.25) is 0 Å². The quantitative estimate of drug-likeness (QED) is 0.592. The third-order valence-corrected chi connectivity index (χ3v) is 7.05. The summed E-state index contributed by atoms with van der Waals surface area (Å²) in [7, 11) is -1.20. The van der Waals surface area contributed by atoms with Crippen LogP contribution in [0.25, 0.3) is 0 Å². The molecule has 1 amide bonds. The van der Waals surface area contributed by atoms with Gasteiger partial charge in [-0.25, -0.2) is 0 Å². The molecule has 2 heterocycles. The van der Waals surface area contributed by atoms with Gasteiger partial charge in [-0.1, -0.05) is 29.8 Å². The van der Waals surface area contributed by atoms with Crippen molar-refractivity contribution >= 4 is 22.4 Å². The first-order valence-electron chi connectivity index (χ1n) is 10.6. The maximum Gasteiger partial charge on any atom is 0.289 e. The second kappa shape index (κ2) is 9.10. The normalized spacial score (nSPS) is 15.2. The van der Waals surface area contributed by atoms with Crippen LogP contribution >= 0.6 is 0 Å². The summed E-state index contributed by atoms with van der Waals surface area (Å²) in [6.45, 7) is 9.11. The summed E-state index contributed by atoms with van der Waals surface area (Å²) < 4.78 is 18.3. The van der Waals surface area contributed by atoms with E-state index in [1.54, 1.807) is 12.1 Å². The summed E-state index contributed by atoms with van der Waals surface area (Å²) in [5.41, 5.74) is 4.86. The average molecular weight is 437 g/mol. The van der Waals surface area contributed by atoms with Crippen LogP contribution < -0.4 is 4.90 Å². The molecule has 5 nitrogen and oxygen atoms in total. The summed E-state index contributed by atoms with van der Waals surface area (Å²) in [4.78, 5) is 17.8. The van der Waals surface area contributed by atoms with Crippen molar-refractivity contribution in [1.82, 2.24) is 4.90 Å². The molecular formula is C25H28N2O3S. The number of furan rings is 1. The van der Waals surface area contributed by atoms with E-state index in [4.69, 9.17) is 4.42 Å². The molecule has 0 saturated carbocycles. The zero-order valence-electron chi connectivity index (χ0n) is 18.3. The largest absolute Gasteiger partial charge is 0.455 e. The molecule has 3 aromatic rings. The molecule has 0 aliphatic carbocycles. The third kappa shape index (κ3) is 4.90. The van der Waals surface area contributed by atoms with Gasteiger partial charge in [0.15, 0.2) is 5.76 Å². The number of hydrogen-bond donors (Lipinski definition) is 0. The van der Waals surface area contributed by atoms with Crippen LogP contribution in [-0.4, -0.2) is 41.2 Å². The highest BCUT2D eigenvalue weighted by molar-refractivity contribution is 7.84. The fourth-order valence-corrected chi connectivity index (χ4v) is 4.86. The number of hydrogen-bond acceptors (Lipinski definition) is 4. The molecular weight excluding hydrogens is 408 g/mol. The predicted molar refractivity (Wildman–Crippen MR) is 124 cm³/mol. The van der Waals surface area contributed by atoms with Gasteiger partial charge in [-0.15, -0.1) is 0 Å². The van der Waals surface area contributed by atoms with E-state index < -0.39 is 10.8 Å². The molecule has 1 aromatic heterocycles. The molecule has 162 valence electrons. The standard InChI is InChI=1S/C25H28N2O3S/c1-18-5-9-22(10-6-18)31(29)17-21-8-11-24(30-21)25(28)27-14-12-26(13-15-27)23-16-19(2)4-7-20(23)3/h4-11,16H,12-15,17H2,1-3H3/t31-/m0/s1. The Morgan fingerprint density at radius 2 is 1.58 bits per heavy atom. The van der Waals surface area contributed by atoms with Gasteiger partial charge in [0.05, 0.1) is 16.6 Å². The van der Waals surface area contributed by atoms with Gasteiger partial charge in [0.1, 0.15) is 5.76 Å². The van der Waals surface area contributed by atoms with Crippen molar-refractivity contribution in [2.45, 2.75) is 31.4 Å². The number of amides is 1. The minimum absolute atomic E-state index is 0.104. The van der Waals surface area contributed by atoms with Gasteiger partial charge in [0, 0.05) is 36.8 Å². The molecule has 0 radical (unpaired) electrons. The lowest BCUT2D eigenvalue weighted by atomic mass is 10.1. The zero-order chi connectivity index (χ0) is 22.0. The van der Waals surface area contributed by atoms with Crippen LogP contribution in [0.4, 0.5) is 5.69 Å². The molecule has 31 heavy (non-hydrogen) atoms. The van der Waals surface area contributed by atoms with E-state index in [1.807, 2.05) is 36.1 Å². The smallest absolute Gasteiger partial charge is 0.289 e. The van der Waals surface area contributed by atoms with E-state index in [-0.39, 0.29) is 11.7 Å². The second-order valence-corrected chi connectivity index (χ2v) is 9.59. The van der Waals surface area contributed by atoms with E-state index in [0.29, 0.717) is 24.6 Å². The Morgan fingerprint density at radius 3 is 2.29 bits per heavy atom. The maximum absolute atomic E-state index is 12.9. The molecule has 2 aromatic carbocycles. The molecule has 4 rings (SSSR count). The SMILES string of the molecule is Cc1ccc([S@@](=O)Cc2ccc(C(=O)N3CCN(c4cc(C)ccc4C)CC3)o2)cc1. The van der Waals surface area contributed by atoms with Crippen molar-refractivity contribution in [3.05, 3.63) is 82.8 Å². The number of nitrogens with zero attached hydrogens (tertiary/aromatic N) is 2. The van der Waals surface area contributed by atoms with Crippen LogP contribution in [0.5, 0.6) is 0 Å². The Labute approximate surface area is 186 Å². The number of aryl methyl sites for hydroxylation is 3. The lowest BCUT2D eigenvalue weighted by molar-refractivity contribution is 0.0713. The van der Waals surface area contributed by atoms with Crippen LogP contribution in [0.15, 0.2) is 63.9 Å². The molecule has 1 saturated heterocycles. The van der Waals surface area contributed by atoms with Crippen LogP contribution in [0.3, 0.4) is 0 Å². The van der Waals surface area contributed by atoms with Gasteiger partial charge in [0.25, 0.3) is 5.91 Å². The molecule has 0 N–H and O–H groups in total. The van der Waals surface area contributed by atoms with Crippen LogP contribution in [-0.2, 0) is 16.6 Å². The topological polar surface area (TPSA) is 53.8 Å². The van der Waals surface area contributed by atoms with Crippen molar-refractivity contribution in [3.8, 4) is 0 Å². The Bertz CT molecular complexity index is 1100. The van der Waals surface area contributed by atoms with E-state index >= 15 is 0 Å². The minimum atomic E-state index is -1.20. The number of anilines is 1. The van der Waals surface area contributed by atoms with Gasteiger partial charge in [-0.3, -0.25) is 9.00 Å².